The number of rotatable bonds is 3. The van der Waals surface area contributed by atoms with E-state index >= 15 is 0 Å². The molecule has 2 rings (SSSR count). The van der Waals surface area contributed by atoms with E-state index in [9.17, 15) is 0 Å². The van der Waals surface area contributed by atoms with E-state index in [2.05, 4.69) is 9.97 Å². The molecule has 0 radical (unpaired) electrons. The number of aromatic nitrogens is 2. The van der Waals surface area contributed by atoms with Gasteiger partial charge in [-0.2, -0.15) is 5.26 Å². The maximum absolute atomic E-state index is 8.75. The largest absolute Gasteiger partial charge is 0.484 e. The molecule has 0 bridgehead atoms. The van der Waals surface area contributed by atoms with E-state index < -0.39 is 0 Å². The third-order valence-corrected chi connectivity index (χ3v) is 2.28. The molecular formula is C13H11N3O. The third-order valence-electron chi connectivity index (χ3n) is 2.28. The standard InChI is InChI=1S/C13H11N3O/c1-10(17-12-5-3-2-4-6-12)13-7-11(8-14)15-9-16-13/h2-7,9-10H,1H3/t10-/m1/s1. The minimum absolute atomic E-state index is 0.215. The Morgan fingerprint density at radius 3 is 2.71 bits per heavy atom. The third kappa shape index (κ3) is 2.79. The lowest BCUT2D eigenvalue weighted by Crippen LogP contribution is -2.06. The van der Waals surface area contributed by atoms with Gasteiger partial charge in [0.25, 0.3) is 0 Å². The van der Waals surface area contributed by atoms with Crippen LogP contribution in [0.1, 0.15) is 24.4 Å². The fourth-order valence-corrected chi connectivity index (χ4v) is 1.42. The highest BCUT2D eigenvalue weighted by atomic mass is 16.5. The number of para-hydroxylation sites is 1. The van der Waals surface area contributed by atoms with Crippen LogP contribution in [-0.2, 0) is 0 Å². The highest BCUT2D eigenvalue weighted by molar-refractivity contribution is 5.24. The van der Waals surface area contributed by atoms with Gasteiger partial charge in [0.15, 0.2) is 0 Å². The molecule has 0 fully saturated rings. The molecule has 1 atom stereocenters. The predicted molar refractivity (Wildman–Crippen MR) is 62.2 cm³/mol. The second-order valence-corrected chi connectivity index (χ2v) is 3.51. The first kappa shape index (κ1) is 11.1. The van der Waals surface area contributed by atoms with Crippen molar-refractivity contribution in [3.8, 4) is 11.8 Å². The fourth-order valence-electron chi connectivity index (χ4n) is 1.42. The maximum atomic E-state index is 8.75. The van der Waals surface area contributed by atoms with Crippen molar-refractivity contribution in [2.24, 2.45) is 0 Å². The highest BCUT2D eigenvalue weighted by Gasteiger charge is 2.09. The van der Waals surface area contributed by atoms with E-state index in [1.807, 2.05) is 43.3 Å². The fraction of sp³-hybridized carbons (Fsp3) is 0.154. The molecule has 17 heavy (non-hydrogen) atoms. The number of hydrogen-bond donors (Lipinski definition) is 0. The van der Waals surface area contributed by atoms with Crippen LogP contribution in [0.25, 0.3) is 0 Å². The van der Waals surface area contributed by atoms with Gasteiger partial charge in [-0.3, -0.25) is 0 Å². The Hall–Kier alpha value is -2.41. The minimum atomic E-state index is -0.215. The summed E-state index contributed by atoms with van der Waals surface area (Å²) in [5, 5.41) is 8.75. The molecule has 0 aliphatic rings. The average molecular weight is 225 g/mol. The maximum Gasteiger partial charge on any atom is 0.144 e. The molecule has 1 aromatic carbocycles. The van der Waals surface area contributed by atoms with Gasteiger partial charge in [-0.15, -0.1) is 0 Å². The summed E-state index contributed by atoms with van der Waals surface area (Å²) >= 11 is 0. The van der Waals surface area contributed by atoms with Crippen LogP contribution < -0.4 is 4.74 Å². The van der Waals surface area contributed by atoms with Gasteiger partial charge < -0.3 is 4.74 Å². The van der Waals surface area contributed by atoms with E-state index in [1.54, 1.807) is 6.07 Å². The number of nitriles is 1. The quantitative estimate of drug-likeness (QED) is 0.805. The first-order valence-corrected chi connectivity index (χ1v) is 5.23. The lowest BCUT2D eigenvalue weighted by atomic mass is 10.2. The van der Waals surface area contributed by atoms with Gasteiger partial charge in [0.05, 0.1) is 5.69 Å². The van der Waals surface area contributed by atoms with Crippen molar-refractivity contribution >= 4 is 0 Å². The van der Waals surface area contributed by atoms with Crippen molar-refractivity contribution in [2.75, 3.05) is 0 Å². The molecule has 0 N–H and O–H groups in total. The number of ether oxygens (including phenoxy) is 1. The molecule has 1 aromatic heterocycles. The molecule has 0 unspecified atom stereocenters. The van der Waals surface area contributed by atoms with Crippen molar-refractivity contribution in [2.45, 2.75) is 13.0 Å². The summed E-state index contributed by atoms with van der Waals surface area (Å²) in [7, 11) is 0. The Morgan fingerprint density at radius 2 is 2.00 bits per heavy atom. The van der Waals surface area contributed by atoms with Crippen LogP contribution in [0, 0.1) is 11.3 Å². The van der Waals surface area contributed by atoms with Crippen molar-refractivity contribution in [3.63, 3.8) is 0 Å². The van der Waals surface area contributed by atoms with Crippen LogP contribution in [-0.4, -0.2) is 9.97 Å². The van der Waals surface area contributed by atoms with Gasteiger partial charge in [-0.25, -0.2) is 9.97 Å². The monoisotopic (exact) mass is 225 g/mol. The first-order chi connectivity index (χ1) is 8.29. The molecule has 0 aliphatic carbocycles. The molecule has 0 spiro atoms. The van der Waals surface area contributed by atoms with Crippen molar-refractivity contribution in [1.82, 2.24) is 9.97 Å². The van der Waals surface area contributed by atoms with E-state index in [0.717, 1.165) is 5.75 Å². The molecule has 2 aromatic rings. The zero-order valence-corrected chi connectivity index (χ0v) is 9.37. The lowest BCUT2D eigenvalue weighted by Gasteiger charge is -2.13. The first-order valence-electron chi connectivity index (χ1n) is 5.23. The number of benzene rings is 1. The Bertz CT molecular complexity index is 534. The zero-order valence-electron chi connectivity index (χ0n) is 9.37. The summed E-state index contributed by atoms with van der Waals surface area (Å²) in [4.78, 5) is 7.92. The normalized spacial score (nSPS) is 11.5. The summed E-state index contributed by atoms with van der Waals surface area (Å²) in [6.45, 7) is 1.89. The minimum Gasteiger partial charge on any atom is -0.484 e. The number of hydrogen-bond acceptors (Lipinski definition) is 4. The van der Waals surface area contributed by atoms with Crippen LogP contribution in [0.3, 0.4) is 0 Å². The average Bonchev–Trinajstić information content (AvgIpc) is 2.40. The molecule has 84 valence electrons. The summed E-state index contributed by atoms with van der Waals surface area (Å²) in [5.41, 5.74) is 1.04. The topological polar surface area (TPSA) is 58.8 Å². The molecule has 4 heteroatoms. The Labute approximate surface area is 99.5 Å². The van der Waals surface area contributed by atoms with Crippen LogP contribution in [0.4, 0.5) is 0 Å². The Kier molecular flexibility index (Phi) is 3.31. The van der Waals surface area contributed by atoms with E-state index in [-0.39, 0.29) is 6.10 Å². The van der Waals surface area contributed by atoms with E-state index in [1.165, 1.54) is 6.33 Å². The van der Waals surface area contributed by atoms with Crippen LogP contribution in [0.5, 0.6) is 5.75 Å². The summed E-state index contributed by atoms with van der Waals surface area (Å²) in [6.07, 6.45) is 1.16. The molecular weight excluding hydrogens is 214 g/mol. The Balaban J connectivity index is 2.15. The molecule has 0 aliphatic heterocycles. The van der Waals surface area contributed by atoms with Gasteiger partial charge >= 0.3 is 0 Å². The molecule has 0 amide bonds. The second kappa shape index (κ2) is 5.08. The van der Waals surface area contributed by atoms with Crippen molar-refractivity contribution < 1.29 is 4.74 Å². The SMILES string of the molecule is C[C@@H](Oc1ccccc1)c1cc(C#N)ncn1. The molecule has 0 saturated carbocycles. The van der Waals surface area contributed by atoms with Gasteiger partial charge in [0.1, 0.15) is 29.9 Å². The molecule has 4 nitrogen and oxygen atoms in total. The van der Waals surface area contributed by atoms with Crippen molar-refractivity contribution in [3.05, 3.63) is 54.1 Å². The summed E-state index contributed by atoms with van der Waals surface area (Å²) in [5.74, 6) is 0.775. The van der Waals surface area contributed by atoms with Gasteiger partial charge in [-0.05, 0) is 25.1 Å². The van der Waals surface area contributed by atoms with E-state index in [4.69, 9.17) is 10.00 Å². The smallest absolute Gasteiger partial charge is 0.144 e. The highest BCUT2D eigenvalue weighted by Crippen LogP contribution is 2.19. The lowest BCUT2D eigenvalue weighted by molar-refractivity contribution is 0.221. The Morgan fingerprint density at radius 1 is 1.24 bits per heavy atom. The van der Waals surface area contributed by atoms with Gasteiger partial charge in [-0.1, -0.05) is 18.2 Å². The van der Waals surface area contributed by atoms with E-state index in [0.29, 0.717) is 11.4 Å². The predicted octanol–water partition coefficient (Wildman–Crippen LogP) is 2.49. The van der Waals surface area contributed by atoms with Gasteiger partial charge in [0.2, 0.25) is 0 Å². The second-order valence-electron chi connectivity index (χ2n) is 3.51. The number of nitrogens with zero attached hydrogens (tertiary/aromatic N) is 3. The van der Waals surface area contributed by atoms with Crippen LogP contribution in [0.2, 0.25) is 0 Å². The summed E-state index contributed by atoms with van der Waals surface area (Å²) < 4.78 is 5.70. The molecule has 1 heterocycles. The van der Waals surface area contributed by atoms with Crippen LogP contribution in [0.15, 0.2) is 42.7 Å². The zero-order chi connectivity index (χ0) is 12.1. The van der Waals surface area contributed by atoms with Crippen molar-refractivity contribution in [1.29, 1.82) is 5.26 Å². The molecule has 0 saturated heterocycles. The summed E-state index contributed by atoms with van der Waals surface area (Å²) in [6, 6.07) is 13.1. The van der Waals surface area contributed by atoms with Gasteiger partial charge in [0, 0.05) is 0 Å². The van der Waals surface area contributed by atoms with Crippen LogP contribution >= 0.6 is 0 Å².